The van der Waals surface area contributed by atoms with Crippen molar-refractivity contribution >= 4 is 52.4 Å². The molecule has 2 aliphatic heterocycles. The highest BCUT2D eigenvalue weighted by atomic mass is 32.2. The van der Waals surface area contributed by atoms with Crippen molar-refractivity contribution < 1.29 is 36.6 Å². The van der Waals surface area contributed by atoms with Gasteiger partial charge in [0.2, 0.25) is 10.0 Å². The van der Waals surface area contributed by atoms with E-state index < -0.39 is 47.6 Å². The molecule has 6 rings (SSSR count). The number of nitrogens with one attached hydrogen (secondary N) is 1. The molecule has 17 heteroatoms. The molecule has 1 amide bonds. The smallest absolute Gasteiger partial charge is 0.407 e. The number of anilines is 3. The van der Waals surface area contributed by atoms with Crippen molar-refractivity contribution in [1.29, 1.82) is 0 Å². The molecule has 2 aliphatic rings. The summed E-state index contributed by atoms with van der Waals surface area (Å²) in [4.78, 5) is 25.9. The highest BCUT2D eigenvalue weighted by molar-refractivity contribution is 7.93. The third-order valence-corrected chi connectivity index (χ3v) is 14.1. The van der Waals surface area contributed by atoms with Crippen molar-refractivity contribution in [3.63, 3.8) is 0 Å². The average molecular weight is 840 g/mol. The Morgan fingerprint density at radius 3 is 2.52 bits per heavy atom. The van der Waals surface area contributed by atoms with E-state index in [9.17, 15) is 13.2 Å². The summed E-state index contributed by atoms with van der Waals surface area (Å²) in [5, 5.41) is 2.69. The monoisotopic (exact) mass is 839 g/mol. The number of rotatable bonds is 15. The van der Waals surface area contributed by atoms with E-state index in [-0.39, 0.29) is 18.5 Å². The molecule has 0 spiro atoms. The second-order valence-corrected chi connectivity index (χ2v) is 24.9. The summed E-state index contributed by atoms with van der Waals surface area (Å²) in [7, 11) is -4.18. The number of morpholine rings is 1. The molecule has 14 nitrogen and oxygen atoms in total. The van der Waals surface area contributed by atoms with Gasteiger partial charge in [-0.2, -0.15) is 0 Å². The van der Waals surface area contributed by atoms with E-state index in [1.807, 2.05) is 49.6 Å². The molecular formula is C41H58FN7O7SSi. The molecular weight excluding hydrogens is 782 g/mol. The molecule has 0 radical (unpaired) electrons. The molecule has 0 aliphatic carbocycles. The van der Waals surface area contributed by atoms with Gasteiger partial charge in [0.05, 0.1) is 36.0 Å². The predicted octanol–water partition coefficient (Wildman–Crippen LogP) is 6.99. The first-order valence-electron chi connectivity index (χ1n) is 19.8. The van der Waals surface area contributed by atoms with Gasteiger partial charge in [-0.15, -0.1) is 0 Å². The molecule has 316 valence electrons. The van der Waals surface area contributed by atoms with Crippen molar-refractivity contribution in [2.45, 2.75) is 83.4 Å². The first-order valence-corrected chi connectivity index (χ1v) is 25.1. The lowest BCUT2D eigenvalue weighted by molar-refractivity contribution is 0.0509. The maximum absolute atomic E-state index is 16.5. The Morgan fingerprint density at radius 1 is 1.07 bits per heavy atom. The Hall–Kier alpha value is -4.29. The van der Waals surface area contributed by atoms with E-state index >= 15 is 4.39 Å². The van der Waals surface area contributed by atoms with E-state index in [2.05, 4.69) is 44.7 Å². The van der Waals surface area contributed by atoms with Crippen LogP contribution in [0.2, 0.25) is 25.7 Å². The van der Waals surface area contributed by atoms with Crippen LogP contribution in [0.5, 0.6) is 0 Å². The molecule has 58 heavy (non-hydrogen) atoms. The van der Waals surface area contributed by atoms with Gasteiger partial charge in [0.25, 0.3) is 0 Å². The first kappa shape index (κ1) is 43.3. The molecule has 4 aromatic rings. The molecule has 1 N–H and O–H groups in total. The number of methoxy groups -OCH3 is 1. The molecule has 0 bridgehead atoms. The number of alkyl carbamates (subject to hydrolysis) is 1. The number of fused-ring (bicyclic) bond motifs is 1. The lowest BCUT2D eigenvalue weighted by Gasteiger charge is -2.28. The van der Waals surface area contributed by atoms with Crippen molar-refractivity contribution in [3.8, 4) is 11.3 Å². The molecule has 2 saturated heterocycles. The Labute approximate surface area is 342 Å². The average Bonchev–Trinajstić information content (AvgIpc) is 3.79. The summed E-state index contributed by atoms with van der Waals surface area (Å²) in [5.74, 6) is 0.0422. The van der Waals surface area contributed by atoms with E-state index in [4.69, 9.17) is 18.9 Å². The number of aromatic nitrogens is 3. The standard InChI is InChI=1S/C41H58FN7O7SSi/c1-29(30-10-9-11-33(22-30)47-15-14-32(25-47)45-40(50)56-41(2,3)4)57(51,52)49(28-53-5)36-13-12-31(23-35(36)42)37-24-34-38(46-16-18-54-19-17-46)43-26-44-39(34)48(37)27-55-20-21-58(6,7)8/h9-13,22-24,26,29,32H,14-21,25,27-28H2,1-8H3,(H,45,50)/t29?,32-/m1/s1. The maximum Gasteiger partial charge on any atom is 0.407 e. The summed E-state index contributed by atoms with van der Waals surface area (Å²) >= 11 is 0. The van der Waals surface area contributed by atoms with Crippen LogP contribution >= 0.6 is 0 Å². The topological polar surface area (TPSA) is 141 Å². The number of sulfonamides is 1. The van der Waals surface area contributed by atoms with Crippen LogP contribution in [0, 0.1) is 5.82 Å². The largest absolute Gasteiger partial charge is 0.444 e. The zero-order chi connectivity index (χ0) is 41.8. The van der Waals surface area contributed by atoms with Crippen LogP contribution in [-0.4, -0.2) is 109 Å². The lowest BCUT2D eigenvalue weighted by atomic mass is 10.1. The summed E-state index contributed by atoms with van der Waals surface area (Å²) in [6.45, 7) is 18.1. The van der Waals surface area contributed by atoms with Crippen LogP contribution in [0.25, 0.3) is 22.3 Å². The van der Waals surface area contributed by atoms with Gasteiger partial charge >= 0.3 is 6.09 Å². The van der Waals surface area contributed by atoms with Crippen LogP contribution in [0.3, 0.4) is 0 Å². The number of carbonyl (C=O) groups excluding carboxylic acids is 1. The third kappa shape index (κ3) is 10.3. The second-order valence-electron chi connectivity index (χ2n) is 17.1. The van der Waals surface area contributed by atoms with Crippen LogP contribution in [0.15, 0.2) is 54.9 Å². The van der Waals surface area contributed by atoms with E-state index in [1.54, 1.807) is 19.1 Å². The Kier molecular flexibility index (Phi) is 13.4. The number of halogens is 1. The van der Waals surface area contributed by atoms with Crippen LogP contribution < -0.4 is 19.4 Å². The Balaban J connectivity index is 1.26. The summed E-state index contributed by atoms with van der Waals surface area (Å²) < 4.78 is 70.7. The Bertz CT molecular complexity index is 2170. The van der Waals surface area contributed by atoms with Gasteiger partial charge in [-0.05, 0) is 76.1 Å². The van der Waals surface area contributed by atoms with Crippen LogP contribution in [0.4, 0.5) is 26.4 Å². The minimum atomic E-state index is -4.21. The van der Waals surface area contributed by atoms with Crippen molar-refractivity contribution in [1.82, 2.24) is 19.9 Å². The van der Waals surface area contributed by atoms with E-state index in [0.29, 0.717) is 74.9 Å². The van der Waals surface area contributed by atoms with Crippen LogP contribution in [-0.2, 0) is 35.7 Å². The fourth-order valence-corrected chi connectivity index (χ4v) is 9.47. The molecule has 0 saturated carbocycles. The third-order valence-electron chi connectivity index (χ3n) is 10.3. The fraction of sp³-hybridized carbons (Fsp3) is 0.537. The number of carbonyl (C=O) groups is 1. The van der Waals surface area contributed by atoms with Crippen LogP contribution in [0.1, 0.15) is 44.9 Å². The van der Waals surface area contributed by atoms with Crippen molar-refractivity contribution in [2.75, 3.05) is 73.9 Å². The summed E-state index contributed by atoms with van der Waals surface area (Å²) in [6.07, 6.45) is 1.78. The number of hydrogen-bond acceptors (Lipinski definition) is 11. The lowest BCUT2D eigenvalue weighted by Crippen LogP contribution is -2.40. The maximum atomic E-state index is 16.5. The van der Waals surface area contributed by atoms with Gasteiger partial charge in [-0.3, -0.25) is 0 Å². The zero-order valence-corrected chi connectivity index (χ0v) is 36.8. The molecule has 2 aromatic carbocycles. The minimum Gasteiger partial charge on any atom is -0.444 e. The van der Waals surface area contributed by atoms with Crippen molar-refractivity contribution in [3.05, 3.63) is 66.2 Å². The Morgan fingerprint density at radius 2 is 1.83 bits per heavy atom. The number of amides is 1. The summed E-state index contributed by atoms with van der Waals surface area (Å²) in [5.41, 5.74) is 2.48. The quantitative estimate of drug-likeness (QED) is 0.0753. The minimum absolute atomic E-state index is 0.119. The number of ether oxygens (including phenoxy) is 4. The van der Waals surface area contributed by atoms with E-state index in [0.717, 1.165) is 27.2 Å². The summed E-state index contributed by atoms with van der Waals surface area (Å²) in [6, 6.07) is 14.7. The SMILES string of the molecule is COCN(c1ccc(-c2cc3c(N4CCOCC4)ncnc3n2COCC[Si](C)(C)C)cc1F)S(=O)(=O)C(C)c1cccc(N2CC[C@@H](NC(=O)OC(C)(C)C)C2)c1. The van der Waals surface area contributed by atoms with Gasteiger partial charge in [0, 0.05) is 59.2 Å². The second kappa shape index (κ2) is 17.9. The van der Waals surface area contributed by atoms with Gasteiger partial charge in [-0.1, -0.05) is 37.8 Å². The molecule has 4 heterocycles. The normalized spacial score (nSPS) is 17.2. The number of nitrogens with zero attached hydrogens (tertiary/aromatic N) is 6. The van der Waals surface area contributed by atoms with E-state index in [1.165, 1.54) is 25.6 Å². The van der Waals surface area contributed by atoms with Gasteiger partial charge in [-0.25, -0.2) is 31.9 Å². The highest BCUT2D eigenvalue weighted by Gasteiger charge is 2.34. The van der Waals surface area contributed by atoms with Gasteiger partial charge < -0.3 is 38.6 Å². The highest BCUT2D eigenvalue weighted by Crippen LogP contribution is 2.37. The van der Waals surface area contributed by atoms with Crippen molar-refractivity contribution in [2.24, 2.45) is 0 Å². The fourth-order valence-electron chi connectivity index (χ4n) is 7.17. The molecule has 2 fully saturated rings. The van der Waals surface area contributed by atoms with Gasteiger partial charge in [0.1, 0.15) is 47.9 Å². The first-order chi connectivity index (χ1) is 27.4. The molecule has 1 unspecified atom stereocenters. The van der Waals surface area contributed by atoms with Gasteiger partial charge in [0.15, 0.2) is 0 Å². The predicted molar refractivity (Wildman–Crippen MR) is 228 cm³/mol. The molecule has 2 aromatic heterocycles. The zero-order valence-electron chi connectivity index (χ0n) is 35.0. The number of benzene rings is 2. The molecule has 2 atom stereocenters. The number of hydrogen-bond donors (Lipinski definition) is 1.